The third kappa shape index (κ3) is 2.42. The molecule has 4 heterocycles. The number of rotatable bonds is 4. The highest BCUT2D eigenvalue weighted by Crippen LogP contribution is 2.38. The highest BCUT2D eigenvalue weighted by atomic mass is 16.5. The van der Waals surface area contributed by atoms with Crippen LogP contribution in [0.1, 0.15) is 23.2 Å². The molecular formula is C20H22N2O2. The quantitative estimate of drug-likeness (QED) is 0.640. The average Bonchev–Trinajstić information content (AvgIpc) is 2.66. The van der Waals surface area contributed by atoms with Gasteiger partial charge in [-0.15, -0.1) is 6.58 Å². The lowest BCUT2D eigenvalue weighted by Crippen LogP contribution is -2.55. The van der Waals surface area contributed by atoms with Gasteiger partial charge in [-0.1, -0.05) is 6.08 Å². The number of benzene rings is 1. The Morgan fingerprint density at radius 3 is 3.00 bits per heavy atom. The number of piperidine rings is 3. The minimum Gasteiger partial charge on any atom is -0.497 e. The standard InChI is InChI=1S/C20H22N2O2/c1-3-13-12-22-9-7-14(13)10-19(22)20(23)16-6-8-21-18-5-4-15(24-2)11-17(16)18/h3-6,8,11,13-14,19H,1,7,9-10,12H2,2H3/t13-,14?,19-/m1/s1. The van der Waals surface area contributed by atoms with E-state index in [4.69, 9.17) is 4.74 Å². The van der Waals surface area contributed by atoms with Gasteiger partial charge in [-0.05, 0) is 55.5 Å². The molecule has 4 atom stereocenters. The molecule has 2 bridgehead atoms. The lowest BCUT2D eigenvalue weighted by molar-refractivity contribution is 0.0205. The van der Waals surface area contributed by atoms with Crippen molar-refractivity contribution in [2.75, 3.05) is 20.2 Å². The number of carbonyl (C=O) groups is 1. The number of aromatic nitrogens is 1. The van der Waals surface area contributed by atoms with Gasteiger partial charge in [0.1, 0.15) is 5.75 Å². The molecule has 2 unspecified atom stereocenters. The molecule has 1 aromatic carbocycles. The maximum absolute atomic E-state index is 13.3. The molecule has 0 amide bonds. The smallest absolute Gasteiger partial charge is 0.180 e. The molecule has 0 aliphatic carbocycles. The van der Waals surface area contributed by atoms with E-state index < -0.39 is 0 Å². The SMILES string of the molecule is C=C[C@@H]1CN2CCC1C[C@@H]2C(=O)c1ccnc2ccc(OC)cc12. The zero-order valence-electron chi connectivity index (χ0n) is 13.9. The first-order chi connectivity index (χ1) is 11.7. The largest absolute Gasteiger partial charge is 0.497 e. The number of fused-ring (bicyclic) bond motifs is 4. The van der Waals surface area contributed by atoms with Crippen molar-refractivity contribution in [2.45, 2.75) is 18.9 Å². The van der Waals surface area contributed by atoms with Crippen molar-refractivity contribution in [3.63, 3.8) is 0 Å². The van der Waals surface area contributed by atoms with Crippen LogP contribution in [0.5, 0.6) is 5.75 Å². The van der Waals surface area contributed by atoms with Crippen molar-refractivity contribution in [1.29, 1.82) is 0 Å². The molecule has 2 aromatic rings. The lowest BCUT2D eigenvalue weighted by atomic mass is 9.74. The summed E-state index contributed by atoms with van der Waals surface area (Å²) < 4.78 is 5.32. The number of hydrogen-bond acceptors (Lipinski definition) is 4. The molecule has 124 valence electrons. The molecule has 0 saturated carbocycles. The van der Waals surface area contributed by atoms with Gasteiger partial charge < -0.3 is 4.74 Å². The highest BCUT2D eigenvalue weighted by molar-refractivity contribution is 6.10. The van der Waals surface area contributed by atoms with E-state index in [2.05, 4.69) is 22.5 Å². The molecule has 0 radical (unpaired) electrons. The van der Waals surface area contributed by atoms with Crippen molar-refractivity contribution in [3.8, 4) is 5.75 Å². The number of pyridine rings is 1. The second kappa shape index (κ2) is 6.02. The Bertz CT molecular complexity index is 801. The van der Waals surface area contributed by atoms with E-state index in [1.807, 2.05) is 24.3 Å². The number of methoxy groups -OCH3 is 1. The van der Waals surface area contributed by atoms with Crippen molar-refractivity contribution < 1.29 is 9.53 Å². The lowest BCUT2D eigenvalue weighted by Gasteiger charge is -2.48. The van der Waals surface area contributed by atoms with Gasteiger partial charge in [0.05, 0.1) is 18.7 Å². The van der Waals surface area contributed by atoms with Crippen LogP contribution in [0.4, 0.5) is 0 Å². The van der Waals surface area contributed by atoms with Gasteiger partial charge in [0.25, 0.3) is 0 Å². The fourth-order valence-corrected chi connectivity index (χ4v) is 4.25. The van der Waals surface area contributed by atoms with Crippen molar-refractivity contribution >= 4 is 16.7 Å². The van der Waals surface area contributed by atoms with Crippen LogP contribution < -0.4 is 4.74 Å². The topological polar surface area (TPSA) is 42.4 Å². The number of ether oxygens (including phenoxy) is 1. The second-order valence-corrected chi connectivity index (χ2v) is 6.80. The molecule has 0 N–H and O–H groups in total. The number of carbonyl (C=O) groups excluding carboxylic acids is 1. The second-order valence-electron chi connectivity index (χ2n) is 6.80. The maximum Gasteiger partial charge on any atom is 0.180 e. The summed E-state index contributed by atoms with van der Waals surface area (Å²) in [6, 6.07) is 7.53. The normalized spacial score (nSPS) is 28.7. The molecule has 24 heavy (non-hydrogen) atoms. The van der Waals surface area contributed by atoms with E-state index in [0.717, 1.165) is 41.7 Å². The fraction of sp³-hybridized carbons (Fsp3) is 0.400. The first-order valence-electron chi connectivity index (χ1n) is 8.55. The highest BCUT2D eigenvalue weighted by Gasteiger charge is 2.42. The predicted octanol–water partition coefficient (Wildman–Crippen LogP) is 3.32. The van der Waals surface area contributed by atoms with E-state index in [-0.39, 0.29) is 11.8 Å². The van der Waals surface area contributed by atoms with Crippen LogP contribution in [0.2, 0.25) is 0 Å². The van der Waals surface area contributed by atoms with Crippen LogP contribution in [-0.2, 0) is 0 Å². The Balaban J connectivity index is 1.70. The van der Waals surface area contributed by atoms with Crippen LogP contribution in [0.15, 0.2) is 43.1 Å². The molecule has 3 fully saturated rings. The van der Waals surface area contributed by atoms with E-state index in [1.165, 1.54) is 6.42 Å². The number of nitrogens with zero attached hydrogens (tertiary/aromatic N) is 2. The van der Waals surface area contributed by atoms with Gasteiger partial charge in [0, 0.05) is 23.7 Å². The van der Waals surface area contributed by atoms with E-state index in [1.54, 1.807) is 13.3 Å². The molecule has 3 aliphatic rings. The Morgan fingerprint density at radius 2 is 2.29 bits per heavy atom. The van der Waals surface area contributed by atoms with Crippen molar-refractivity contribution in [1.82, 2.24) is 9.88 Å². The molecule has 4 heteroatoms. The van der Waals surface area contributed by atoms with Crippen LogP contribution in [0.25, 0.3) is 10.9 Å². The van der Waals surface area contributed by atoms with Gasteiger partial charge in [-0.25, -0.2) is 0 Å². The van der Waals surface area contributed by atoms with Gasteiger partial charge in [-0.3, -0.25) is 14.7 Å². The summed E-state index contributed by atoms with van der Waals surface area (Å²) in [7, 11) is 1.64. The Labute approximate surface area is 142 Å². The average molecular weight is 322 g/mol. The summed E-state index contributed by atoms with van der Waals surface area (Å²) in [5, 5.41) is 0.879. The van der Waals surface area contributed by atoms with Gasteiger partial charge in [0.2, 0.25) is 0 Å². The summed E-state index contributed by atoms with van der Waals surface area (Å²) in [6.45, 7) is 5.92. The predicted molar refractivity (Wildman–Crippen MR) is 94.4 cm³/mol. The molecule has 4 nitrogen and oxygen atoms in total. The summed E-state index contributed by atoms with van der Waals surface area (Å²) in [4.78, 5) is 20.0. The van der Waals surface area contributed by atoms with Crippen LogP contribution >= 0.6 is 0 Å². The molecule has 5 rings (SSSR count). The number of ketones is 1. The van der Waals surface area contributed by atoms with Crippen molar-refractivity contribution in [3.05, 3.63) is 48.7 Å². The molecule has 0 spiro atoms. The molecule has 3 saturated heterocycles. The summed E-state index contributed by atoms with van der Waals surface area (Å²) in [6.07, 6.45) is 5.89. The van der Waals surface area contributed by atoms with Gasteiger partial charge in [0.15, 0.2) is 5.78 Å². The third-order valence-electron chi connectivity index (χ3n) is 5.62. The maximum atomic E-state index is 13.3. The van der Waals surface area contributed by atoms with Crippen LogP contribution in [0.3, 0.4) is 0 Å². The van der Waals surface area contributed by atoms with Crippen LogP contribution in [0, 0.1) is 11.8 Å². The third-order valence-corrected chi connectivity index (χ3v) is 5.62. The minimum absolute atomic E-state index is 0.0169. The number of hydrogen-bond donors (Lipinski definition) is 0. The number of Topliss-reactive ketones (excluding diaryl/α,β-unsaturated/α-hetero) is 1. The molecule has 3 aliphatic heterocycles. The van der Waals surface area contributed by atoms with E-state index >= 15 is 0 Å². The van der Waals surface area contributed by atoms with Crippen molar-refractivity contribution in [2.24, 2.45) is 11.8 Å². The Kier molecular flexibility index (Phi) is 3.85. The van der Waals surface area contributed by atoms with Gasteiger partial charge >= 0.3 is 0 Å². The van der Waals surface area contributed by atoms with Crippen LogP contribution in [-0.4, -0.2) is 41.9 Å². The monoisotopic (exact) mass is 322 g/mol. The molecule has 1 aromatic heterocycles. The summed E-state index contributed by atoms with van der Waals surface area (Å²) in [5.41, 5.74) is 1.59. The van der Waals surface area contributed by atoms with E-state index in [9.17, 15) is 4.79 Å². The minimum atomic E-state index is -0.0169. The van der Waals surface area contributed by atoms with E-state index in [0.29, 0.717) is 11.8 Å². The zero-order valence-corrected chi connectivity index (χ0v) is 13.9. The first kappa shape index (κ1) is 15.3. The zero-order chi connectivity index (χ0) is 16.7. The molecular weight excluding hydrogens is 300 g/mol. The summed E-state index contributed by atoms with van der Waals surface area (Å²) >= 11 is 0. The first-order valence-corrected chi connectivity index (χ1v) is 8.55. The Morgan fingerprint density at radius 1 is 1.42 bits per heavy atom. The van der Waals surface area contributed by atoms with Gasteiger partial charge in [-0.2, -0.15) is 0 Å². The fourth-order valence-electron chi connectivity index (χ4n) is 4.25. The Hall–Kier alpha value is -2.20. The summed E-state index contributed by atoms with van der Waals surface area (Å²) in [5.74, 6) is 2.07.